The van der Waals surface area contributed by atoms with Gasteiger partial charge in [-0.25, -0.2) is 0 Å². The number of nitrogens with zero attached hydrogens (tertiary/aromatic N) is 1. The molecule has 1 heterocycles. The third-order valence-corrected chi connectivity index (χ3v) is 3.05. The summed E-state index contributed by atoms with van der Waals surface area (Å²) in [6.45, 7) is 1.90. The van der Waals surface area contributed by atoms with Crippen LogP contribution in [0.1, 0.15) is 28.9 Å². The van der Waals surface area contributed by atoms with Gasteiger partial charge in [-0.15, -0.1) is 0 Å². The molecule has 4 nitrogen and oxygen atoms in total. The van der Waals surface area contributed by atoms with E-state index in [0.29, 0.717) is 16.3 Å². The minimum Gasteiger partial charge on any atom is -0.398 e. The van der Waals surface area contributed by atoms with Gasteiger partial charge in [-0.1, -0.05) is 11.6 Å². The van der Waals surface area contributed by atoms with E-state index in [-0.39, 0.29) is 11.9 Å². The van der Waals surface area contributed by atoms with E-state index in [1.807, 2.05) is 19.1 Å². The van der Waals surface area contributed by atoms with Crippen LogP contribution in [0.2, 0.25) is 5.02 Å². The number of carbonyl (C=O) groups is 1. The number of amides is 1. The molecule has 1 amide bonds. The molecule has 1 aromatic heterocycles. The zero-order valence-corrected chi connectivity index (χ0v) is 11.2. The Bertz CT molecular complexity index is 586. The minimum atomic E-state index is -0.246. The van der Waals surface area contributed by atoms with Crippen molar-refractivity contribution in [2.45, 2.75) is 13.0 Å². The molecular formula is C14H14ClN3O. The molecule has 1 atom stereocenters. The van der Waals surface area contributed by atoms with Crippen molar-refractivity contribution in [1.82, 2.24) is 10.3 Å². The summed E-state index contributed by atoms with van der Waals surface area (Å²) in [7, 11) is 0. The summed E-state index contributed by atoms with van der Waals surface area (Å²) in [4.78, 5) is 16.1. The molecule has 1 unspecified atom stereocenters. The van der Waals surface area contributed by atoms with Crippen molar-refractivity contribution in [2.24, 2.45) is 0 Å². The Morgan fingerprint density at radius 3 is 2.68 bits per heavy atom. The first-order valence-electron chi connectivity index (χ1n) is 5.83. The quantitative estimate of drug-likeness (QED) is 0.847. The summed E-state index contributed by atoms with van der Waals surface area (Å²) >= 11 is 5.87. The summed E-state index contributed by atoms with van der Waals surface area (Å²) in [5, 5.41) is 3.36. The second kappa shape index (κ2) is 5.71. The summed E-state index contributed by atoms with van der Waals surface area (Å²) in [5.74, 6) is -0.246. The molecule has 0 spiro atoms. The predicted octanol–water partition coefficient (Wildman–Crippen LogP) is 2.81. The second-order valence-corrected chi connectivity index (χ2v) is 4.64. The fourth-order valence-electron chi connectivity index (χ4n) is 1.73. The molecule has 0 bridgehead atoms. The molecule has 2 aromatic rings. The lowest BCUT2D eigenvalue weighted by Gasteiger charge is -2.15. The van der Waals surface area contributed by atoms with Crippen LogP contribution in [0.5, 0.6) is 0 Å². The number of pyridine rings is 1. The number of halogens is 1. The molecule has 0 radical (unpaired) electrons. The summed E-state index contributed by atoms with van der Waals surface area (Å²) in [5.41, 5.74) is 7.54. The van der Waals surface area contributed by atoms with Gasteiger partial charge in [0, 0.05) is 23.1 Å². The van der Waals surface area contributed by atoms with Gasteiger partial charge in [0.2, 0.25) is 0 Å². The zero-order valence-electron chi connectivity index (χ0n) is 10.4. The third kappa shape index (κ3) is 3.23. The van der Waals surface area contributed by atoms with Gasteiger partial charge in [0.05, 0.1) is 11.6 Å². The van der Waals surface area contributed by atoms with Crippen molar-refractivity contribution >= 4 is 23.2 Å². The third-order valence-electron chi connectivity index (χ3n) is 2.81. The lowest BCUT2D eigenvalue weighted by molar-refractivity contribution is 0.0941. The predicted molar refractivity (Wildman–Crippen MR) is 76.0 cm³/mol. The Morgan fingerprint density at radius 1 is 1.32 bits per heavy atom. The maximum absolute atomic E-state index is 12.1. The number of anilines is 1. The van der Waals surface area contributed by atoms with Crippen LogP contribution in [0, 0.1) is 0 Å². The van der Waals surface area contributed by atoms with E-state index in [1.54, 1.807) is 30.6 Å². The van der Waals surface area contributed by atoms with Crippen LogP contribution in [0.15, 0.2) is 42.7 Å². The van der Waals surface area contributed by atoms with Gasteiger partial charge in [-0.2, -0.15) is 0 Å². The first-order valence-corrected chi connectivity index (χ1v) is 6.21. The maximum Gasteiger partial charge on any atom is 0.253 e. The Kier molecular flexibility index (Phi) is 4.02. The molecule has 0 aliphatic carbocycles. The van der Waals surface area contributed by atoms with Crippen molar-refractivity contribution in [2.75, 3.05) is 5.73 Å². The van der Waals surface area contributed by atoms with Crippen LogP contribution < -0.4 is 11.1 Å². The Balaban J connectivity index is 2.15. The standard InChI is InChI=1S/C14H14ClN3O/c1-9(10-4-6-17-7-5-10)18-14(19)12-8-11(15)2-3-13(12)16/h2-9H,16H2,1H3,(H,18,19). The lowest BCUT2D eigenvalue weighted by Crippen LogP contribution is -2.27. The molecule has 5 heteroatoms. The molecule has 98 valence electrons. The van der Waals surface area contributed by atoms with E-state index >= 15 is 0 Å². The first-order chi connectivity index (χ1) is 9.08. The maximum atomic E-state index is 12.1. The van der Waals surface area contributed by atoms with E-state index in [0.717, 1.165) is 5.56 Å². The lowest BCUT2D eigenvalue weighted by atomic mass is 10.1. The Morgan fingerprint density at radius 2 is 2.00 bits per heavy atom. The monoisotopic (exact) mass is 275 g/mol. The molecule has 3 N–H and O–H groups in total. The minimum absolute atomic E-state index is 0.131. The summed E-state index contributed by atoms with van der Waals surface area (Å²) in [6, 6.07) is 8.41. The van der Waals surface area contributed by atoms with Gasteiger partial charge in [-0.05, 0) is 42.8 Å². The fraction of sp³-hybridized carbons (Fsp3) is 0.143. The van der Waals surface area contributed by atoms with Crippen molar-refractivity contribution < 1.29 is 4.79 Å². The number of nitrogen functional groups attached to an aromatic ring is 1. The molecule has 2 rings (SSSR count). The van der Waals surface area contributed by atoms with Gasteiger partial charge in [0.25, 0.3) is 5.91 Å². The van der Waals surface area contributed by atoms with Crippen LogP contribution in [-0.2, 0) is 0 Å². The molecule has 0 fully saturated rings. The molecule has 0 saturated heterocycles. The number of hydrogen-bond acceptors (Lipinski definition) is 3. The fourth-order valence-corrected chi connectivity index (χ4v) is 1.91. The van der Waals surface area contributed by atoms with Crippen LogP contribution in [0.4, 0.5) is 5.69 Å². The molecule has 19 heavy (non-hydrogen) atoms. The highest BCUT2D eigenvalue weighted by atomic mass is 35.5. The average molecular weight is 276 g/mol. The van der Waals surface area contributed by atoms with E-state index in [2.05, 4.69) is 10.3 Å². The van der Waals surface area contributed by atoms with Gasteiger partial charge in [-0.3, -0.25) is 9.78 Å². The van der Waals surface area contributed by atoms with Crippen molar-refractivity contribution in [3.05, 3.63) is 58.9 Å². The van der Waals surface area contributed by atoms with Crippen LogP contribution in [0.3, 0.4) is 0 Å². The number of nitrogens with two attached hydrogens (primary N) is 1. The van der Waals surface area contributed by atoms with E-state index in [1.165, 1.54) is 0 Å². The topological polar surface area (TPSA) is 68.0 Å². The van der Waals surface area contributed by atoms with E-state index in [9.17, 15) is 4.79 Å². The number of aromatic nitrogens is 1. The van der Waals surface area contributed by atoms with Gasteiger partial charge < -0.3 is 11.1 Å². The number of carbonyl (C=O) groups excluding carboxylic acids is 1. The molecule has 1 aromatic carbocycles. The van der Waals surface area contributed by atoms with Gasteiger partial charge in [0.15, 0.2) is 0 Å². The van der Waals surface area contributed by atoms with E-state index in [4.69, 9.17) is 17.3 Å². The van der Waals surface area contributed by atoms with Crippen LogP contribution in [0.25, 0.3) is 0 Å². The molecular weight excluding hydrogens is 262 g/mol. The largest absolute Gasteiger partial charge is 0.398 e. The Labute approximate surface area is 116 Å². The smallest absolute Gasteiger partial charge is 0.253 e. The highest BCUT2D eigenvalue weighted by Crippen LogP contribution is 2.19. The van der Waals surface area contributed by atoms with Crippen molar-refractivity contribution in [3.8, 4) is 0 Å². The SMILES string of the molecule is CC(NC(=O)c1cc(Cl)ccc1N)c1ccncc1. The van der Waals surface area contributed by atoms with Crippen molar-refractivity contribution in [3.63, 3.8) is 0 Å². The van der Waals surface area contributed by atoms with Gasteiger partial charge >= 0.3 is 0 Å². The number of hydrogen-bond donors (Lipinski definition) is 2. The Hall–Kier alpha value is -2.07. The number of nitrogens with one attached hydrogen (secondary N) is 1. The van der Waals surface area contributed by atoms with Crippen LogP contribution in [-0.4, -0.2) is 10.9 Å². The van der Waals surface area contributed by atoms with E-state index < -0.39 is 0 Å². The highest BCUT2D eigenvalue weighted by Gasteiger charge is 2.14. The molecule has 0 aliphatic heterocycles. The zero-order chi connectivity index (χ0) is 13.8. The summed E-state index contributed by atoms with van der Waals surface area (Å²) in [6.07, 6.45) is 3.37. The number of rotatable bonds is 3. The van der Waals surface area contributed by atoms with Gasteiger partial charge in [0.1, 0.15) is 0 Å². The second-order valence-electron chi connectivity index (χ2n) is 4.21. The first kappa shape index (κ1) is 13.4. The average Bonchev–Trinajstić information content (AvgIpc) is 2.42. The highest BCUT2D eigenvalue weighted by molar-refractivity contribution is 6.31. The normalized spacial score (nSPS) is 11.9. The van der Waals surface area contributed by atoms with Crippen LogP contribution >= 0.6 is 11.6 Å². The molecule has 0 saturated carbocycles. The van der Waals surface area contributed by atoms with Crippen molar-refractivity contribution in [1.29, 1.82) is 0 Å². The number of benzene rings is 1. The summed E-state index contributed by atoms with van der Waals surface area (Å²) < 4.78 is 0. The molecule has 0 aliphatic rings.